The molecule has 0 saturated carbocycles. The van der Waals surface area contributed by atoms with Crippen molar-refractivity contribution in [3.63, 3.8) is 0 Å². The minimum Gasteiger partial charge on any atom is -0.483 e. The van der Waals surface area contributed by atoms with Crippen molar-refractivity contribution in [1.29, 1.82) is 0 Å². The van der Waals surface area contributed by atoms with Gasteiger partial charge in [0.1, 0.15) is 11.4 Å². The number of nitrogens with zero attached hydrogens (tertiary/aromatic N) is 1. The average Bonchev–Trinajstić information content (AvgIpc) is 2.53. The number of ether oxygens (including phenoxy) is 1. The Bertz CT molecular complexity index is 867. The Labute approximate surface area is 146 Å². The molecule has 24 heavy (non-hydrogen) atoms. The second-order valence-electron chi connectivity index (χ2n) is 6.47. The molecule has 4 nitrogen and oxygen atoms in total. The molecule has 2 aromatic rings. The molecule has 3 rings (SSSR count). The minimum atomic E-state index is -0.630. The normalized spacial score (nSPS) is 16.8. The topological polar surface area (TPSA) is 51.5 Å². The van der Waals surface area contributed by atoms with Crippen LogP contribution in [0.25, 0.3) is 5.70 Å². The molecule has 1 atom stereocenters. The molecule has 5 heteroatoms. The summed E-state index contributed by atoms with van der Waals surface area (Å²) in [6.45, 7) is 5.74. The van der Waals surface area contributed by atoms with Gasteiger partial charge >= 0.3 is 0 Å². The van der Waals surface area contributed by atoms with E-state index in [2.05, 4.69) is 0 Å². The molecule has 0 spiro atoms. The Kier molecular flexibility index (Phi) is 4.28. The number of hydrogen-bond acceptors (Lipinski definition) is 3. The number of fused-ring (bicyclic) bond motifs is 1. The maximum absolute atomic E-state index is 12.6. The average molecular weight is 346 g/mol. The lowest BCUT2D eigenvalue weighted by Gasteiger charge is -2.31. The van der Waals surface area contributed by atoms with Gasteiger partial charge in [-0.2, -0.15) is 0 Å². The quantitative estimate of drug-likeness (QED) is 0.914. The Morgan fingerprint density at radius 1 is 1.29 bits per heavy atom. The molecule has 126 valence electrons. The Hall–Kier alpha value is -2.04. The standard InChI is InChI=1S/C19H20ClNO3/c1-4-16(22)12-7-8-21(18(23)9-12)15-11-19(2,3)24-17-6-5-13(20)10-14(15)17/h5-11,16,22H,4H2,1-3H3. The van der Waals surface area contributed by atoms with Crippen LogP contribution >= 0.6 is 11.6 Å². The first-order valence-corrected chi connectivity index (χ1v) is 8.31. The lowest BCUT2D eigenvalue weighted by molar-refractivity contribution is 0.157. The van der Waals surface area contributed by atoms with E-state index >= 15 is 0 Å². The van der Waals surface area contributed by atoms with E-state index in [0.717, 1.165) is 11.3 Å². The zero-order valence-corrected chi connectivity index (χ0v) is 14.7. The summed E-state index contributed by atoms with van der Waals surface area (Å²) < 4.78 is 7.52. The molecule has 1 aromatic carbocycles. The van der Waals surface area contributed by atoms with Crippen LogP contribution in [0.5, 0.6) is 5.75 Å². The first kappa shape index (κ1) is 16.8. The number of aliphatic hydroxyl groups is 1. The summed E-state index contributed by atoms with van der Waals surface area (Å²) in [6, 6.07) is 8.61. The molecule has 1 N–H and O–H groups in total. The van der Waals surface area contributed by atoms with Gasteiger partial charge in [0.25, 0.3) is 5.56 Å². The third-order valence-corrected chi connectivity index (χ3v) is 4.28. The maximum atomic E-state index is 12.6. The molecular weight excluding hydrogens is 326 g/mol. The minimum absolute atomic E-state index is 0.199. The van der Waals surface area contributed by atoms with Crippen LogP contribution in [-0.4, -0.2) is 15.3 Å². The van der Waals surface area contributed by atoms with Gasteiger partial charge in [-0.15, -0.1) is 0 Å². The third kappa shape index (κ3) is 3.12. The first-order chi connectivity index (χ1) is 11.3. The molecule has 2 heterocycles. The van der Waals surface area contributed by atoms with Crippen molar-refractivity contribution < 1.29 is 9.84 Å². The highest BCUT2D eigenvalue weighted by Gasteiger charge is 2.28. The molecule has 0 bridgehead atoms. The molecule has 1 aromatic heterocycles. The van der Waals surface area contributed by atoms with E-state index in [1.54, 1.807) is 29.0 Å². The van der Waals surface area contributed by atoms with Crippen molar-refractivity contribution in [2.24, 2.45) is 0 Å². The second kappa shape index (κ2) is 6.11. The van der Waals surface area contributed by atoms with Gasteiger partial charge in [-0.1, -0.05) is 18.5 Å². The summed E-state index contributed by atoms with van der Waals surface area (Å²) in [5.41, 5.74) is 1.38. The highest BCUT2D eigenvalue weighted by molar-refractivity contribution is 6.30. The summed E-state index contributed by atoms with van der Waals surface area (Å²) in [5, 5.41) is 10.5. The Balaban J connectivity index is 2.16. The van der Waals surface area contributed by atoms with Crippen molar-refractivity contribution >= 4 is 17.3 Å². The zero-order chi connectivity index (χ0) is 17.5. The van der Waals surface area contributed by atoms with Crippen LogP contribution < -0.4 is 10.3 Å². The molecule has 1 aliphatic rings. The van der Waals surface area contributed by atoms with Crippen molar-refractivity contribution in [3.8, 4) is 5.75 Å². The molecule has 0 aliphatic carbocycles. The van der Waals surface area contributed by atoms with Gasteiger partial charge in [0.05, 0.1) is 11.8 Å². The summed E-state index contributed by atoms with van der Waals surface area (Å²) in [5.74, 6) is 0.687. The van der Waals surface area contributed by atoms with Gasteiger partial charge in [0.2, 0.25) is 0 Å². The SMILES string of the molecule is CCC(O)c1ccn(C2=CC(C)(C)Oc3ccc(Cl)cc32)c(=O)c1. The molecule has 0 amide bonds. The number of halogens is 1. The number of hydrogen-bond donors (Lipinski definition) is 1. The summed E-state index contributed by atoms with van der Waals surface area (Å²) in [7, 11) is 0. The van der Waals surface area contributed by atoms with E-state index in [1.165, 1.54) is 6.07 Å². The lowest BCUT2D eigenvalue weighted by atomic mass is 9.98. The maximum Gasteiger partial charge on any atom is 0.255 e. The van der Waals surface area contributed by atoms with Crippen LogP contribution in [0, 0.1) is 0 Å². The van der Waals surface area contributed by atoms with Crippen molar-refractivity contribution in [1.82, 2.24) is 4.57 Å². The zero-order valence-electron chi connectivity index (χ0n) is 13.9. The lowest BCUT2D eigenvalue weighted by Crippen LogP contribution is -2.32. The van der Waals surface area contributed by atoms with Gasteiger partial charge < -0.3 is 9.84 Å². The largest absolute Gasteiger partial charge is 0.483 e. The van der Waals surface area contributed by atoms with E-state index in [4.69, 9.17) is 16.3 Å². The fourth-order valence-electron chi connectivity index (χ4n) is 2.85. The van der Waals surface area contributed by atoms with E-state index in [9.17, 15) is 9.90 Å². The van der Waals surface area contributed by atoms with Crippen molar-refractivity contribution in [3.05, 3.63) is 69.1 Å². The Morgan fingerprint density at radius 3 is 2.71 bits per heavy atom. The van der Waals surface area contributed by atoms with Crippen LogP contribution in [0.4, 0.5) is 0 Å². The molecule has 1 unspecified atom stereocenters. The molecule has 0 fully saturated rings. The summed E-state index contributed by atoms with van der Waals surface area (Å²) in [4.78, 5) is 12.6. The summed E-state index contributed by atoms with van der Waals surface area (Å²) in [6.07, 6.45) is 3.53. The van der Waals surface area contributed by atoms with E-state index < -0.39 is 11.7 Å². The fourth-order valence-corrected chi connectivity index (χ4v) is 3.02. The van der Waals surface area contributed by atoms with Gasteiger partial charge in [-0.3, -0.25) is 9.36 Å². The fraction of sp³-hybridized carbons (Fsp3) is 0.316. The van der Waals surface area contributed by atoms with Crippen molar-refractivity contribution in [2.75, 3.05) is 0 Å². The van der Waals surface area contributed by atoms with Crippen LogP contribution in [0.15, 0.2) is 47.4 Å². The first-order valence-electron chi connectivity index (χ1n) is 7.93. The molecule has 0 saturated heterocycles. The number of benzene rings is 1. The smallest absolute Gasteiger partial charge is 0.255 e. The highest BCUT2D eigenvalue weighted by atomic mass is 35.5. The van der Waals surface area contributed by atoms with Crippen LogP contribution in [0.3, 0.4) is 0 Å². The van der Waals surface area contributed by atoms with Gasteiger partial charge in [-0.25, -0.2) is 0 Å². The van der Waals surface area contributed by atoms with E-state index in [0.29, 0.717) is 22.8 Å². The molecule has 0 radical (unpaired) electrons. The van der Waals surface area contributed by atoms with Crippen LogP contribution in [0.2, 0.25) is 5.02 Å². The third-order valence-electron chi connectivity index (χ3n) is 4.05. The second-order valence-corrected chi connectivity index (χ2v) is 6.90. The molecular formula is C19H20ClNO3. The number of aromatic nitrogens is 1. The van der Waals surface area contributed by atoms with Crippen molar-refractivity contribution in [2.45, 2.75) is 38.9 Å². The highest BCUT2D eigenvalue weighted by Crippen LogP contribution is 2.37. The van der Waals surface area contributed by atoms with Gasteiger partial charge in [-0.05, 0) is 56.2 Å². The number of pyridine rings is 1. The predicted octanol–water partition coefficient (Wildman–Crippen LogP) is 4.01. The van der Waals surface area contributed by atoms with E-state index in [1.807, 2.05) is 32.9 Å². The number of rotatable bonds is 3. The Morgan fingerprint density at radius 2 is 2.04 bits per heavy atom. The summed E-state index contributed by atoms with van der Waals surface area (Å²) >= 11 is 6.12. The molecule has 1 aliphatic heterocycles. The predicted molar refractivity (Wildman–Crippen MR) is 95.5 cm³/mol. The van der Waals surface area contributed by atoms with Crippen LogP contribution in [0.1, 0.15) is 44.4 Å². The number of aliphatic hydroxyl groups excluding tert-OH is 1. The van der Waals surface area contributed by atoms with Gasteiger partial charge in [0.15, 0.2) is 0 Å². The van der Waals surface area contributed by atoms with Gasteiger partial charge in [0, 0.05) is 22.8 Å². The monoisotopic (exact) mass is 345 g/mol. The van der Waals surface area contributed by atoms with Crippen LogP contribution in [-0.2, 0) is 0 Å². The van der Waals surface area contributed by atoms with E-state index in [-0.39, 0.29) is 5.56 Å².